The summed E-state index contributed by atoms with van der Waals surface area (Å²) in [7, 11) is 0. The predicted molar refractivity (Wildman–Crippen MR) is 157 cm³/mol. The molecular weight excluding hydrogens is 514 g/mol. The van der Waals surface area contributed by atoms with Crippen molar-refractivity contribution >= 4 is 11.0 Å². The number of benzene rings is 5. The highest BCUT2D eigenvalue weighted by molar-refractivity contribution is 5.87. The van der Waals surface area contributed by atoms with Gasteiger partial charge in [0.25, 0.3) is 0 Å². The SMILES string of the molecule is Fc1cccc(F)c1-c1nn(C(c2ccccc2)(c2ccccc2)c2ccccc2)cc1-c1ccc2nc[nH]c2c1. The van der Waals surface area contributed by atoms with Crippen molar-refractivity contribution in [2.75, 3.05) is 0 Å². The molecule has 0 saturated heterocycles. The van der Waals surface area contributed by atoms with Crippen molar-refractivity contribution in [2.45, 2.75) is 5.54 Å². The first-order valence-electron chi connectivity index (χ1n) is 13.3. The summed E-state index contributed by atoms with van der Waals surface area (Å²) in [6.45, 7) is 0. The Bertz CT molecular complexity index is 1850. The van der Waals surface area contributed by atoms with Gasteiger partial charge in [-0.3, -0.25) is 4.68 Å². The van der Waals surface area contributed by atoms with E-state index in [1.54, 1.807) is 6.33 Å². The number of rotatable bonds is 6. The van der Waals surface area contributed by atoms with E-state index < -0.39 is 17.2 Å². The number of nitrogens with one attached hydrogen (secondary N) is 1. The summed E-state index contributed by atoms with van der Waals surface area (Å²) in [6, 6.07) is 39.8. The molecule has 41 heavy (non-hydrogen) atoms. The van der Waals surface area contributed by atoms with Crippen LogP contribution in [0.1, 0.15) is 16.7 Å². The molecule has 0 amide bonds. The Balaban J connectivity index is 1.61. The van der Waals surface area contributed by atoms with Gasteiger partial charge < -0.3 is 4.98 Å². The van der Waals surface area contributed by atoms with Crippen LogP contribution in [-0.2, 0) is 5.54 Å². The van der Waals surface area contributed by atoms with E-state index in [0.29, 0.717) is 5.56 Å². The third-order valence-corrected chi connectivity index (χ3v) is 7.56. The van der Waals surface area contributed by atoms with Crippen LogP contribution in [0.15, 0.2) is 140 Å². The lowest BCUT2D eigenvalue weighted by Gasteiger charge is -2.36. The lowest BCUT2D eigenvalue weighted by Crippen LogP contribution is -2.38. The van der Waals surface area contributed by atoms with Crippen LogP contribution in [0.25, 0.3) is 33.4 Å². The van der Waals surface area contributed by atoms with Gasteiger partial charge in [-0.25, -0.2) is 13.8 Å². The zero-order valence-corrected chi connectivity index (χ0v) is 21.9. The number of fused-ring (bicyclic) bond motifs is 1. The minimum Gasteiger partial charge on any atom is -0.345 e. The summed E-state index contributed by atoms with van der Waals surface area (Å²) in [5, 5.41) is 5.06. The van der Waals surface area contributed by atoms with E-state index in [9.17, 15) is 0 Å². The van der Waals surface area contributed by atoms with Gasteiger partial charge in [-0.05, 0) is 46.5 Å². The van der Waals surface area contributed by atoms with Crippen molar-refractivity contribution in [1.82, 2.24) is 19.7 Å². The molecule has 0 aliphatic carbocycles. The van der Waals surface area contributed by atoms with Crippen LogP contribution < -0.4 is 0 Å². The van der Waals surface area contributed by atoms with Crippen LogP contribution in [0.4, 0.5) is 8.78 Å². The van der Waals surface area contributed by atoms with E-state index in [1.807, 2.05) is 83.7 Å². The van der Waals surface area contributed by atoms with Crippen molar-refractivity contribution in [3.8, 4) is 22.4 Å². The fourth-order valence-corrected chi connectivity index (χ4v) is 5.70. The summed E-state index contributed by atoms with van der Waals surface area (Å²) >= 11 is 0. The number of hydrogen-bond acceptors (Lipinski definition) is 2. The molecular formula is C35H24F2N4. The number of nitrogens with zero attached hydrogens (tertiary/aromatic N) is 3. The summed E-state index contributed by atoms with van der Waals surface area (Å²) in [5.41, 5.74) is 4.93. The maximum atomic E-state index is 15.4. The average molecular weight is 539 g/mol. The van der Waals surface area contributed by atoms with Gasteiger partial charge in [-0.1, -0.05) is 103 Å². The second kappa shape index (κ2) is 9.99. The molecule has 4 nitrogen and oxygen atoms in total. The largest absolute Gasteiger partial charge is 0.345 e. The lowest BCUT2D eigenvalue weighted by atomic mass is 9.77. The van der Waals surface area contributed by atoms with Crippen LogP contribution in [0, 0.1) is 11.6 Å². The molecule has 0 saturated carbocycles. The molecule has 0 atom stereocenters. The van der Waals surface area contributed by atoms with Crippen molar-refractivity contribution in [2.24, 2.45) is 0 Å². The fourth-order valence-electron chi connectivity index (χ4n) is 5.70. The molecule has 0 fully saturated rings. The number of halogens is 2. The highest BCUT2D eigenvalue weighted by Crippen LogP contribution is 2.44. The van der Waals surface area contributed by atoms with Crippen molar-refractivity contribution in [3.63, 3.8) is 0 Å². The Morgan fingerprint density at radius 3 is 1.76 bits per heavy atom. The van der Waals surface area contributed by atoms with E-state index in [0.717, 1.165) is 33.3 Å². The molecule has 0 spiro atoms. The maximum Gasteiger partial charge on any atom is 0.138 e. The topological polar surface area (TPSA) is 46.5 Å². The lowest BCUT2D eigenvalue weighted by molar-refractivity contribution is 0.460. The molecule has 198 valence electrons. The van der Waals surface area contributed by atoms with E-state index in [4.69, 9.17) is 5.10 Å². The van der Waals surface area contributed by atoms with Crippen LogP contribution in [0.3, 0.4) is 0 Å². The molecule has 7 rings (SSSR count). The second-order valence-corrected chi connectivity index (χ2v) is 9.88. The minimum atomic E-state index is -0.948. The average Bonchev–Trinajstić information content (AvgIpc) is 3.67. The zero-order valence-electron chi connectivity index (χ0n) is 21.9. The van der Waals surface area contributed by atoms with E-state index >= 15 is 8.78 Å². The Hall–Kier alpha value is -5.36. The van der Waals surface area contributed by atoms with Gasteiger partial charge >= 0.3 is 0 Å². The zero-order chi connectivity index (χ0) is 27.8. The molecule has 0 radical (unpaired) electrons. The normalized spacial score (nSPS) is 11.7. The molecule has 7 aromatic rings. The summed E-state index contributed by atoms with van der Waals surface area (Å²) in [5.74, 6) is -1.35. The van der Waals surface area contributed by atoms with E-state index in [1.165, 1.54) is 18.2 Å². The number of imidazole rings is 1. The Morgan fingerprint density at radius 1 is 0.634 bits per heavy atom. The fraction of sp³-hybridized carbons (Fsp3) is 0.0286. The van der Waals surface area contributed by atoms with Gasteiger partial charge in [0.15, 0.2) is 0 Å². The highest BCUT2D eigenvalue weighted by Gasteiger charge is 2.40. The first-order chi connectivity index (χ1) is 20.2. The van der Waals surface area contributed by atoms with Gasteiger partial charge in [-0.2, -0.15) is 5.10 Å². The highest BCUT2D eigenvalue weighted by atomic mass is 19.1. The smallest absolute Gasteiger partial charge is 0.138 e. The maximum absolute atomic E-state index is 15.4. The van der Waals surface area contributed by atoms with Gasteiger partial charge in [0.2, 0.25) is 0 Å². The van der Waals surface area contributed by atoms with Crippen LogP contribution in [-0.4, -0.2) is 19.7 Å². The molecule has 0 bridgehead atoms. The van der Waals surface area contributed by atoms with Crippen LogP contribution in [0.2, 0.25) is 0 Å². The molecule has 0 aliphatic rings. The van der Waals surface area contributed by atoms with Gasteiger partial charge in [0.05, 0.1) is 22.9 Å². The molecule has 0 unspecified atom stereocenters. The summed E-state index contributed by atoms with van der Waals surface area (Å²) < 4.78 is 32.7. The predicted octanol–water partition coefficient (Wildman–Crippen LogP) is 8.21. The third kappa shape index (κ3) is 4.03. The van der Waals surface area contributed by atoms with Gasteiger partial charge in [0, 0.05) is 11.8 Å². The number of aromatic amines is 1. The van der Waals surface area contributed by atoms with Crippen molar-refractivity contribution < 1.29 is 8.78 Å². The van der Waals surface area contributed by atoms with Crippen LogP contribution in [0.5, 0.6) is 0 Å². The Labute approximate surface area is 235 Å². The molecule has 1 N–H and O–H groups in total. The van der Waals surface area contributed by atoms with Crippen molar-refractivity contribution in [1.29, 1.82) is 0 Å². The third-order valence-electron chi connectivity index (χ3n) is 7.56. The number of aromatic nitrogens is 4. The van der Waals surface area contributed by atoms with Crippen LogP contribution >= 0.6 is 0 Å². The minimum absolute atomic E-state index is 0.172. The van der Waals surface area contributed by atoms with E-state index in [-0.39, 0.29) is 11.3 Å². The number of hydrogen-bond donors (Lipinski definition) is 1. The number of H-pyrrole nitrogens is 1. The van der Waals surface area contributed by atoms with E-state index in [2.05, 4.69) is 46.4 Å². The molecule has 2 aromatic heterocycles. The summed E-state index contributed by atoms with van der Waals surface area (Å²) in [6.07, 6.45) is 3.52. The van der Waals surface area contributed by atoms with Crippen molar-refractivity contribution in [3.05, 3.63) is 168 Å². The monoisotopic (exact) mass is 538 g/mol. The second-order valence-electron chi connectivity index (χ2n) is 9.88. The summed E-state index contributed by atoms with van der Waals surface area (Å²) in [4.78, 5) is 7.47. The molecule has 5 aromatic carbocycles. The first-order valence-corrected chi connectivity index (χ1v) is 13.3. The van der Waals surface area contributed by atoms with Gasteiger partial charge in [-0.15, -0.1) is 0 Å². The quantitative estimate of drug-likeness (QED) is 0.217. The van der Waals surface area contributed by atoms with Gasteiger partial charge in [0.1, 0.15) is 22.9 Å². The molecule has 6 heteroatoms. The molecule has 0 aliphatic heterocycles. The standard InChI is InChI=1S/C35H24F2N4/c36-29-17-10-18-30(37)33(29)34-28(24-19-20-31-32(21-24)39-23-38-31)22-41(40-34)35(25-11-4-1-5-12-25,26-13-6-2-7-14-26)27-15-8-3-9-16-27/h1-23H,(H,38,39). The Morgan fingerprint density at radius 2 is 1.20 bits per heavy atom. The Kier molecular flexibility index (Phi) is 6.01. The first kappa shape index (κ1) is 24.7. The molecule has 2 heterocycles.